The van der Waals surface area contributed by atoms with Gasteiger partial charge in [-0.15, -0.1) is 0 Å². The van der Waals surface area contributed by atoms with Crippen LogP contribution in [-0.2, 0) is 14.3 Å². The van der Waals surface area contributed by atoms with E-state index in [1.807, 2.05) is 0 Å². The van der Waals surface area contributed by atoms with E-state index >= 15 is 0 Å². The number of nitrogens with zero attached hydrogens (tertiary/aromatic N) is 1. The predicted octanol–water partition coefficient (Wildman–Crippen LogP) is 0.989. The summed E-state index contributed by atoms with van der Waals surface area (Å²) in [6.07, 6.45) is 5.16. The highest BCUT2D eigenvalue weighted by Crippen LogP contribution is 2.18. The van der Waals surface area contributed by atoms with Crippen molar-refractivity contribution >= 4 is 18.0 Å². The number of hydrogen-bond donors (Lipinski definition) is 0. The number of methoxy groups -OCH3 is 1. The van der Waals surface area contributed by atoms with Crippen molar-refractivity contribution in [2.45, 2.75) is 25.7 Å². The van der Waals surface area contributed by atoms with Crippen LogP contribution in [0.25, 0.3) is 0 Å². The molecule has 14 heavy (non-hydrogen) atoms. The van der Waals surface area contributed by atoms with Crippen LogP contribution in [-0.4, -0.2) is 31.6 Å². The largest absolute Gasteiger partial charge is 0.468 e. The first-order chi connectivity index (χ1) is 6.74. The summed E-state index contributed by atoms with van der Waals surface area (Å²) < 4.78 is 4.43. The van der Waals surface area contributed by atoms with Crippen molar-refractivity contribution in [2.24, 2.45) is 10.9 Å². The molecule has 0 spiro atoms. The standard InChI is InChI=1S/C10H15NO3/c1-14-10(13)7-11-6-8-4-2-3-5-9(8)12/h6,8H,2-5,7H2,1H3/b11-6+. The zero-order valence-corrected chi connectivity index (χ0v) is 8.36. The van der Waals surface area contributed by atoms with Gasteiger partial charge in [-0.3, -0.25) is 14.6 Å². The Bertz CT molecular complexity index is 248. The molecule has 0 heterocycles. The van der Waals surface area contributed by atoms with E-state index in [1.54, 1.807) is 6.21 Å². The SMILES string of the molecule is COC(=O)C/N=C/C1CCCCC1=O. The maximum Gasteiger partial charge on any atom is 0.327 e. The molecule has 0 amide bonds. The topological polar surface area (TPSA) is 55.7 Å². The average Bonchev–Trinajstić information content (AvgIpc) is 2.20. The maximum absolute atomic E-state index is 11.3. The molecular formula is C10H15NO3. The van der Waals surface area contributed by atoms with Gasteiger partial charge < -0.3 is 4.74 Å². The summed E-state index contributed by atoms with van der Waals surface area (Å²) in [6, 6.07) is 0. The molecule has 1 unspecified atom stereocenters. The zero-order chi connectivity index (χ0) is 10.4. The Morgan fingerprint density at radius 3 is 3.07 bits per heavy atom. The number of rotatable bonds is 3. The number of ether oxygens (including phenoxy) is 1. The summed E-state index contributed by atoms with van der Waals surface area (Å²) >= 11 is 0. The van der Waals surface area contributed by atoms with Crippen LogP contribution in [0.4, 0.5) is 0 Å². The number of carbonyl (C=O) groups is 2. The van der Waals surface area contributed by atoms with E-state index in [4.69, 9.17) is 0 Å². The van der Waals surface area contributed by atoms with E-state index in [0.29, 0.717) is 6.42 Å². The smallest absolute Gasteiger partial charge is 0.327 e. The lowest BCUT2D eigenvalue weighted by Crippen LogP contribution is -2.20. The van der Waals surface area contributed by atoms with E-state index < -0.39 is 0 Å². The molecule has 1 rings (SSSR count). The number of carbonyl (C=O) groups excluding carboxylic acids is 2. The first kappa shape index (κ1) is 10.9. The van der Waals surface area contributed by atoms with E-state index in [-0.39, 0.29) is 24.2 Å². The zero-order valence-electron chi connectivity index (χ0n) is 8.36. The van der Waals surface area contributed by atoms with Gasteiger partial charge in [0.05, 0.1) is 13.0 Å². The minimum Gasteiger partial charge on any atom is -0.468 e. The van der Waals surface area contributed by atoms with Crippen molar-refractivity contribution in [2.75, 3.05) is 13.7 Å². The van der Waals surface area contributed by atoms with Crippen molar-refractivity contribution in [1.29, 1.82) is 0 Å². The van der Waals surface area contributed by atoms with Crippen LogP contribution < -0.4 is 0 Å². The third-order valence-electron chi connectivity index (χ3n) is 2.34. The molecule has 0 saturated heterocycles. The van der Waals surface area contributed by atoms with Crippen LogP contribution in [0.3, 0.4) is 0 Å². The van der Waals surface area contributed by atoms with Crippen LogP contribution in [0.15, 0.2) is 4.99 Å². The highest BCUT2D eigenvalue weighted by atomic mass is 16.5. The fraction of sp³-hybridized carbons (Fsp3) is 0.700. The van der Waals surface area contributed by atoms with Crippen molar-refractivity contribution in [3.05, 3.63) is 0 Å². The lowest BCUT2D eigenvalue weighted by Gasteiger charge is -2.15. The van der Waals surface area contributed by atoms with Crippen molar-refractivity contribution in [1.82, 2.24) is 0 Å². The summed E-state index contributed by atoms with van der Waals surface area (Å²) in [7, 11) is 1.32. The predicted molar refractivity (Wildman–Crippen MR) is 52.3 cm³/mol. The molecule has 0 aliphatic heterocycles. The van der Waals surface area contributed by atoms with Gasteiger partial charge in [-0.25, -0.2) is 0 Å². The highest BCUT2D eigenvalue weighted by Gasteiger charge is 2.19. The quantitative estimate of drug-likeness (QED) is 0.500. The fourth-order valence-corrected chi connectivity index (χ4v) is 1.49. The summed E-state index contributed by atoms with van der Waals surface area (Å²) in [5.41, 5.74) is 0. The molecule has 78 valence electrons. The molecule has 0 aromatic rings. The molecule has 1 aliphatic rings. The summed E-state index contributed by atoms with van der Waals surface area (Å²) in [5.74, 6) is -0.206. The maximum atomic E-state index is 11.3. The number of hydrogen-bond acceptors (Lipinski definition) is 4. The molecule has 4 heteroatoms. The van der Waals surface area contributed by atoms with Crippen molar-refractivity contribution in [3.8, 4) is 0 Å². The van der Waals surface area contributed by atoms with E-state index in [9.17, 15) is 9.59 Å². The Hall–Kier alpha value is -1.19. The molecule has 0 N–H and O–H groups in total. The van der Waals surface area contributed by atoms with E-state index in [0.717, 1.165) is 19.3 Å². The molecule has 0 aromatic carbocycles. The fourth-order valence-electron chi connectivity index (χ4n) is 1.49. The molecule has 0 radical (unpaired) electrons. The highest BCUT2D eigenvalue weighted by molar-refractivity contribution is 5.95. The van der Waals surface area contributed by atoms with Gasteiger partial charge in [-0.05, 0) is 12.8 Å². The van der Waals surface area contributed by atoms with Crippen molar-refractivity contribution < 1.29 is 14.3 Å². The second-order valence-corrected chi connectivity index (χ2v) is 3.38. The molecule has 1 fully saturated rings. The second kappa shape index (κ2) is 5.52. The summed E-state index contributed by atoms with van der Waals surface area (Å²) in [4.78, 5) is 25.9. The normalized spacial score (nSPS) is 22.6. The van der Waals surface area contributed by atoms with Gasteiger partial charge in [-0.2, -0.15) is 0 Å². The van der Waals surface area contributed by atoms with Gasteiger partial charge >= 0.3 is 5.97 Å². The number of esters is 1. The van der Waals surface area contributed by atoms with Gasteiger partial charge in [0.25, 0.3) is 0 Å². The Balaban J connectivity index is 2.34. The summed E-state index contributed by atoms with van der Waals surface area (Å²) in [6.45, 7) is 0.0142. The molecule has 1 aliphatic carbocycles. The Labute approximate surface area is 83.3 Å². The molecule has 0 aromatic heterocycles. The molecule has 1 atom stereocenters. The van der Waals surface area contributed by atoms with Crippen LogP contribution in [0.5, 0.6) is 0 Å². The van der Waals surface area contributed by atoms with Gasteiger partial charge in [0.2, 0.25) is 0 Å². The van der Waals surface area contributed by atoms with Crippen LogP contribution in [0, 0.1) is 5.92 Å². The number of Topliss-reactive ketones (excluding diaryl/α,β-unsaturated/α-hetero) is 1. The van der Waals surface area contributed by atoms with Crippen LogP contribution >= 0.6 is 0 Å². The van der Waals surface area contributed by atoms with Gasteiger partial charge in [0.15, 0.2) is 0 Å². The molecule has 1 saturated carbocycles. The average molecular weight is 197 g/mol. The Kier molecular flexibility index (Phi) is 4.29. The van der Waals surface area contributed by atoms with E-state index in [2.05, 4.69) is 9.73 Å². The van der Waals surface area contributed by atoms with E-state index in [1.165, 1.54) is 7.11 Å². The summed E-state index contributed by atoms with van der Waals surface area (Å²) in [5, 5.41) is 0. The molecular weight excluding hydrogens is 182 g/mol. The monoisotopic (exact) mass is 197 g/mol. The second-order valence-electron chi connectivity index (χ2n) is 3.38. The minimum atomic E-state index is -0.371. The lowest BCUT2D eigenvalue weighted by molar-refractivity contribution is -0.138. The molecule has 4 nitrogen and oxygen atoms in total. The Morgan fingerprint density at radius 2 is 2.43 bits per heavy atom. The Morgan fingerprint density at radius 1 is 1.64 bits per heavy atom. The van der Waals surface area contributed by atoms with Gasteiger partial charge in [0, 0.05) is 12.6 Å². The first-order valence-corrected chi connectivity index (χ1v) is 4.83. The third kappa shape index (κ3) is 3.28. The van der Waals surface area contributed by atoms with Gasteiger partial charge in [0.1, 0.15) is 12.3 Å². The minimum absolute atomic E-state index is 0.0142. The number of aliphatic imine (C=N–C) groups is 1. The van der Waals surface area contributed by atoms with Crippen LogP contribution in [0.1, 0.15) is 25.7 Å². The molecule has 0 bridgehead atoms. The van der Waals surface area contributed by atoms with Crippen LogP contribution in [0.2, 0.25) is 0 Å². The lowest BCUT2D eigenvalue weighted by atomic mass is 9.89. The first-order valence-electron chi connectivity index (χ1n) is 4.83. The third-order valence-corrected chi connectivity index (χ3v) is 2.34. The van der Waals surface area contributed by atoms with Gasteiger partial charge in [-0.1, -0.05) is 6.42 Å². The number of ketones is 1. The van der Waals surface area contributed by atoms with Crippen molar-refractivity contribution in [3.63, 3.8) is 0 Å².